The van der Waals surface area contributed by atoms with Crippen LogP contribution in [0.1, 0.15) is 192 Å². The summed E-state index contributed by atoms with van der Waals surface area (Å²) in [6.45, 7) is 19.9. The molecule has 0 radical (unpaired) electrons. The van der Waals surface area contributed by atoms with E-state index < -0.39 is 16.8 Å². The van der Waals surface area contributed by atoms with Crippen LogP contribution in [-0.2, 0) is 38.5 Å². The van der Waals surface area contributed by atoms with Crippen LogP contribution in [-0.4, -0.2) is 21.9 Å². The molecule has 61 heavy (non-hydrogen) atoms. The van der Waals surface area contributed by atoms with Gasteiger partial charge in [0.25, 0.3) is 0 Å². The number of ether oxygens (including phenoxy) is 3. The van der Waals surface area contributed by atoms with Gasteiger partial charge in [-0.25, -0.2) is 0 Å². The maximum Gasteiger partial charge on any atom is 0.123 e. The molecule has 0 amide bonds. The molecule has 0 heterocycles. The van der Waals surface area contributed by atoms with Gasteiger partial charge in [0.2, 0.25) is 0 Å². The van der Waals surface area contributed by atoms with Crippen molar-refractivity contribution in [3.8, 4) is 23.0 Å². The lowest BCUT2D eigenvalue weighted by Crippen LogP contribution is -2.36. The van der Waals surface area contributed by atoms with Crippen LogP contribution in [0.25, 0.3) is 0 Å². The molecule has 0 bridgehead atoms. The van der Waals surface area contributed by atoms with Gasteiger partial charge in [0, 0.05) is 24.8 Å². The normalized spacial score (nSPS) is 12.1. The van der Waals surface area contributed by atoms with E-state index in [1.807, 2.05) is 6.07 Å². The van der Waals surface area contributed by atoms with Crippen molar-refractivity contribution in [3.63, 3.8) is 0 Å². The summed E-state index contributed by atoms with van der Waals surface area (Å²) in [5, 5.41) is 11.9. The van der Waals surface area contributed by atoms with Gasteiger partial charge in [-0.15, -0.1) is 0 Å². The molecule has 0 saturated heterocycles. The van der Waals surface area contributed by atoms with Crippen LogP contribution < -0.4 is 14.2 Å². The van der Waals surface area contributed by atoms with Gasteiger partial charge in [0.15, 0.2) is 0 Å². The quantitative estimate of drug-likeness (QED) is 0.0532. The summed E-state index contributed by atoms with van der Waals surface area (Å²) in [7, 11) is 0. The van der Waals surface area contributed by atoms with Crippen LogP contribution >= 0.6 is 0 Å². The Bertz CT molecular complexity index is 1850. The van der Waals surface area contributed by atoms with E-state index in [0.717, 1.165) is 60.5 Å². The van der Waals surface area contributed by atoms with Crippen molar-refractivity contribution in [2.45, 2.75) is 214 Å². The van der Waals surface area contributed by atoms with Gasteiger partial charge in [-0.1, -0.05) is 158 Å². The molecular weight excluding hydrogens is 749 g/mol. The first-order chi connectivity index (χ1) is 29.3. The summed E-state index contributed by atoms with van der Waals surface area (Å²) in [4.78, 5) is 0. The molecule has 4 heteroatoms. The number of para-hydroxylation sites is 3. The van der Waals surface area contributed by atoms with Crippen molar-refractivity contribution in [2.75, 3.05) is 0 Å². The lowest BCUT2D eigenvalue weighted by molar-refractivity contribution is 0.0978. The minimum atomic E-state index is -0.597. The highest BCUT2D eigenvalue weighted by Crippen LogP contribution is 2.38. The fourth-order valence-electron chi connectivity index (χ4n) is 8.81. The first kappa shape index (κ1) is 49.7. The fourth-order valence-corrected chi connectivity index (χ4v) is 8.81. The number of hydrogen-bond donors (Lipinski definition) is 1. The zero-order valence-electron chi connectivity index (χ0n) is 40.1. The largest absolute Gasteiger partial charge is 0.508 e. The van der Waals surface area contributed by atoms with Gasteiger partial charge in [-0.2, -0.15) is 0 Å². The predicted molar refractivity (Wildman–Crippen MR) is 260 cm³/mol. The predicted octanol–water partition coefficient (Wildman–Crippen LogP) is 16.1. The van der Waals surface area contributed by atoms with Crippen LogP contribution in [0.4, 0.5) is 0 Å². The average molecular weight is 833 g/mol. The van der Waals surface area contributed by atoms with E-state index in [1.165, 1.54) is 106 Å². The maximum atomic E-state index is 11.9. The molecular formula is C57H84O4. The summed E-state index contributed by atoms with van der Waals surface area (Å²) >= 11 is 0. The molecule has 0 aromatic heterocycles. The molecule has 336 valence electrons. The number of rotatable bonds is 30. The van der Waals surface area contributed by atoms with Crippen molar-refractivity contribution < 1.29 is 19.3 Å². The monoisotopic (exact) mass is 833 g/mol. The smallest absolute Gasteiger partial charge is 0.123 e. The van der Waals surface area contributed by atoms with Gasteiger partial charge in [-0.3, -0.25) is 0 Å². The van der Waals surface area contributed by atoms with Crippen molar-refractivity contribution >= 4 is 0 Å². The Hall–Kier alpha value is -3.92. The van der Waals surface area contributed by atoms with Gasteiger partial charge in [0.1, 0.15) is 39.8 Å². The summed E-state index contributed by atoms with van der Waals surface area (Å²) in [6, 6.07) is 29.7. The second-order valence-electron chi connectivity index (χ2n) is 19.6. The molecule has 0 aliphatic carbocycles. The molecule has 0 saturated carbocycles. The van der Waals surface area contributed by atoms with Crippen LogP contribution in [0.5, 0.6) is 23.0 Å². The van der Waals surface area contributed by atoms with E-state index in [2.05, 4.69) is 141 Å². The molecule has 0 atom stereocenters. The topological polar surface area (TPSA) is 47.9 Å². The summed E-state index contributed by atoms with van der Waals surface area (Å²) in [5.41, 5.74) is 5.31. The molecule has 1 N–H and O–H groups in total. The van der Waals surface area contributed by atoms with Crippen molar-refractivity contribution in [1.29, 1.82) is 0 Å². The third-order valence-corrected chi connectivity index (χ3v) is 12.1. The summed E-state index contributed by atoms with van der Waals surface area (Å²) in [6.07, 6.45) is 23.6. The zero-order valence-corrected chi connectivity index (χ0v) is 40.1. The molecule has 0 unspecified atom stereocenters. The minimum absolute atomic E-state index is 0.301. The van der Waals surface area contributed by atoms with Crippen molar-refractivity contribution in [3.05, 3.63) is 118 Å². The first-order valence-electron chi connectivity index (χ1n) is 24.4. The van der Waals surface area contributed by atoms with E-state index >= 15 is 0 Å². The SMILES string of the molecule is CCCCCCCc1ccccc1OC(C)(C)Cc1ccc(O)c(CC(C)(C)Oc2ccccc2CCCCCCC)c1CC(C)(C)Oc1ccccc1CCCCCCC. The Morgan fingerprint density at radius 2 is 0.689 bits per heavy atom. The van der Waals surface area contributed by atoms with E-state index in [-0.39, 0.29) is 0 Å². The molecule has 0 fully saturated rings. The molecule has 4 nitrogen and oxygen atoms in total. The number of benzene rings is 4. The molecule has 4 aromatic rings. The zero-order chi connectivity index (χ0) is 44.1. The Morgan fingerprint density at radius 3 is 1.07 bits per heavy atom. The highest BCUT2D eigenvalue weighted by molar-refractivity contribution is 5.47. The summed E-state index contributed by atoms with van der Waals surface area (Å²) < 4.78 is 20.9. The minimum Gasteiger partial charge on any atom is -0.508 e. The highest BCUT2D eigenvalue weighted by Gasteiger charge is 2.32. The van der Waals surface area contributed by atoms with Crippen molar-refractivity contribution in [1.82, 2.24) is 0 Å². The first-order valence-corrected chi connectivity index (χ1v) is 24.4. The Labute approximate surface area is 373 Å². The van der Waals surface area contributed by atoms with Crippen LogP contribution in [0.2, 0.25) is 0 Å². The van der Waals surface area contributed by atoms with Gasteiger partial charge in [-0.05, 0) is 132 Å². The standard InChI is InChI=1S/C57H84O4/c1-10-13-16-19-22-31-45-34-25-28-37-52(45)59-55(4,5)42-48-40-41-51(58)50(44-57(8,9)61-54-39-30-27-36-47(54)33-24-21-18-15-12-3)49(48)43-56(6,7)60-53-38-29-26-35-46(53)32-23-20-17-14-11-2/h25-30,34-41,58H,10-24,31-33,42-44H2,1-9H3. The lowest BCUT2D eigenvalue weighted by Gasteiger charge is -2.34. The number of phenols is 1. The average Bonchev–Trinajstić information content (AvgIpc) is 3.21. The third kappa shape index (κ3) is 17.4. The Kier molecular flexibility index (Phi) is 20.6. The number of aryl methyl sites for hydroxylation is 3. The second-order valence-corrected chi connectivity index (χ2v) is 19.6. The van der Waals surface area contributed by atoms with E-state index in [0.29, 0.717) is 25.0 Å². The summed E-state index contributed by atoms with van der Waals surface area (Å²) in [5.74, 6) is 3.16. The van der Waals surface area contributed by atoms with Crippen molar-refractivity contribution in [2.24, 2.45) is 0 Å². The number of phenolic OH excluding ortho intramolecular Hbond substituents is 1. The fraction of sp³-hybridized carbons (Fsp3) is 0.579. The highest BCUT2D eigenvalue weighted by atomic mass is 16.5. The molecule has 4 rings (SSSR count). The second kappa shape index (κ2) is 25.3. The number of hydrogen-bond acceptors (Lipinski definition) is 4. The van der Waals surface area contributed by atoms with Crippen LogP contribution in [0, 0.1) is 0 Å². The Morgan fingerprint density at radius 1 is 0.361 bits per heavy atom. The van der Waals surface area contributed by atoms with E-state index in [4.69, 9.17) is 14.2 Å². The van der Waals surface area contributed by atoms with E-state index in [9.17, 15) is 5.11 Å². The Balaban J connectivity index is 1.66. The number of unbranched alkanes of at least 4 members (excludes halogenated alkanes) is 12. The lowest BCUT2D eigenvalue weighted by atomic mass is 9.82. The maximum absolute atomic E-state index is 11.9. The van der Waals surface area contributed by atoms with Crippen LogP contribution in [0.15, 0.2) is 84.9 Å². The molecule has 4 aromatic carbocycles. The van der Waals surface area contributed by atoms with Crippen LogP contribution in [0.3, 0.4) is 0 Å². The third-order valence-electron chi connectivity index (χ3n) is 12.1. The van der Waals surface area contributed by atoms with Gasteiger partial charge in [0.05, 0.1) is 0 Å². The molecule has 0 aliphatic rings. The molecule has 0 aliphatic heterocycles. The molecule has 0 spiro atoms. The van der Waals surface area contributed by atoms with Gasteiger partial charge >= 0.3 is 0 Å². The van der Waals surface area contributed by atoms with Gasteiger partial charge < -0.3 is 19.3 Å². The van der Waals surface area contributed by atoms with E-state index in [1.54, 1.807) is 0 Å². The number of aromatic hydroxyl groups is 1.